The van der Waals surface area contributed by atoms with E-state index in [2.05, 4.69) is 39.8 Å². The summed E-state index contributed by atoms with van der Waals surface area (Å²) in [6.07, 6.45) is 8.91. The van der Waals surface area contributed by atoms with E-state index in [1.807, 2.05) is 0 Å². The van der Waals surface area contributed by atoms with Crippen molar-refractivity contribution in [3.63, 3.8) is 0 Å². The van der Waals surface area contributed by atoms with Gasteiger partial charge in [-0.2, -0.15) is 0 Å². The number of halogens is 1. The van der Waals surface area contributed by atoms with Crippen LogP contribution in [0.25, 0.3) is 0 Å². The minimum absolute atomic E-state index is 0.0319. The monoisotopic (exact) mass is 721 g/mol. The number of hydrogen-bond donors (Lipinski definition) is 4. The summed E-state index contributed by atoms with van der Waals surface area (Å²) in [6, 6.07) is 14.2. The zero-order valence-corrected chi connectivity index (χ0v) is 30.2. The van der Waals surface area contributed by atoms with Crippen LogP contribution >= 0.6 is 0 Å². The Bertz CT molecular complexity index is 1490. The van der Waals surface area contributed by atoms with Gasteiger partial charge < -0.3 is 24.6 Å². The number of aliphatic hydroxyl groups excluding tert-OH is 1. The van der Waals surface area contributed by atoms with E-state index in [1.54, 1.807) is 0 Å². The molecule has 4 bridgehead atoms. The van der Waals surface area contributed by atoms with Crippen molar-refractivity contribution in [2.45, 2.75) is 88.2 Å². The lowest BCUT2D eigenvalue weighted by Gasteiger charge is -2.65. The summed E-state index contributed by atoms with van der Waals surface area (Å²) >= 11 is 0. The summed E-state index contributed by atoms with van der Waals surface area (Å²) in [5, 5.41) is 28.3. The number of aliphatic hydroxyl groups is 1. The summed E-state index contributed by atoms with van der Waals surface area (Å²) < 4.78 is 31.7. The van der Waals surface area contributed by atoms with Gasteiger partial charge in [0.15, 0.2) is 0 Å². The van der Waals surface area contributed by atoms with Crippen LogP contribution in [0.4, 0.5) is 4.39 Å². The molecule has 6 aliphatic carbocycles. The molecule has 1 saturated heterocycles. The molecule has 11 heteroatoms. The molecule has 2 aromatic rings. The zero-order valence-electron chi connectivity index (χ0n) is 30.2. The third kappa shape index (κ3) is 7.39. The fourth-order valence-corrected chi connectivity index (χ4v) is 11.1. The van der Waals surface area contributed by atoms with Crippen molar-refractivity contribution in [2.75, 3.05) is 52.5 Å². The molecule has 1 amide bonds. The maximum atomic E-state index is 13.2. The van der Waals surface area contributed by atoms with Gasteiger partial charge in [-0.25, -0.2) is 14.5 Å². The second kappa shape index (κ2) is 15.6. The molecule has 10 nitrogen and oxygen atoms in total. The summed E-state index contributed by atoms with van der Waals surface area (Å²) in [4.78, 5) is 20.2. The molecule has 0 radical (unpaired) electrons. The average Bonchev–Trinajstić information content (AvgIpc) is 3.15. The molecular weight excluding hydrogens is 665 g/mol. The first-order chi connectivity index (χ1) is 25.3. The van der Waals surface area contributed by atoms with Crippen LogP contribution in [0.5, 0.6) is 5.75 Å². The summed E-state index contributed by atoms with van der Waals surface area (Å²) in [7, 11) is 0. The Labute approximate surface area is 306 Å². The highest BCUT2D eigenvalue weighted by atomic mass is 19.1. The highest BCUT2D eigenvalue weighted by molar-refractivity contribution is 5.94. The number of carbonyl (C=O) groups is 1. The van der Waals surface area contributed by atoms with Crippen molar-refractivity contribution in [1.82, 2.24) is 15.5 Å². The normalized spacial score (nSPS) is 35.8. The van der Waals surface area contributed by atoms with Crippen LogP contribution in [0, 0.1) is 40.8 Å². The first kappa shape index (κ1) is 36.3. The van der Waals surface area contributed by atoms with Crippen LogP contribution in [-0.4, -0.2) is 91.8 Å². The fourth-order valence-electron chi connectivity index (χ4n) is 11.1. The molecule has 7 unspecified atom stereocenters. The molecule has 1 heterocycles. The van der Waals surface area contributed by atoms with E-state index < -0.39 is 12.0 Å². The predicted octanol–water partition coefficient (Wildman–Crippen LogP) is 5.57. The molecule has 4 N–H and O–H groups in total. The predicted molar refractivity (Wildman–Crippen MR) is 192 cm³/mol. The van der Waals surface area contributed by atoms with Crippen molar-refractivity contribution in [3.8, 4) is 5.75 Å². The molecule has 284 valence electrons. The lowest BCUT2D eigenvalue weighted by atomic mass is 9.46. The molecule has 6 saturated carbocycles. The molecular formula is C41H56FN3O7. The van der Waals surface area contributed by atoms with E-state index >= 15 is 0 Å². The maximum absolute atomic E-state index is 13.2. The fraction of sp³-hybridized carbons (Fsp3) is 0.683. The highest BCUT2D eigenvalue weighted by Crippen LogP contribution is 2.67. The second-order valence-electron chi connectivity index (χ2n) is 16.7. The Morgan fingerprint density at radius 1 is 0.962 bits per heavy atom. The molecule has 1 aliphatic heterocycles. The standard InChI is InChI=1S/C41H56FN3O7/c42-34-8-4-29(5-9-34)38(46)43-12-1-13-44-39(47)40-24-27-20-32(25-40)41(52-48,33(21-27)26-40)51-37-23-31-3-2-30(22-36(31)37)28-6-10-35(11-7-28)50-19-16-45-14-17-49-18-15-45/h4-11,27,30-33,36-37,39,44,47-48H,1-3,12-26H2,(H,43,46). The van der Waals surface area contributed by atoms with E-state index in [0.717, 1.165) is 83.5 Å². The number of hydrogen-bond acceptors (Lipinski definition) is 9. The third-order valence-corrected chi connectivity index (χ3v) is 13.7. The smallest absolute Gasteiger partial charge is 0.251 e. The number of nitrogens with one attached hydrogen (secondary N) is 2. The Balaban J connectivity index is 0.822. The molecule has 52 heavy (non-hydrogen) atoms. The Morgan fingerprint density at radius 2 is 1.71 bits per heavy atom. The van der Waals surface area contributed by atoms with Gasteiger partial charge in [0, 0.05) is 49.0 Å². The van der Waals surface area contributed by atoms with Crippen molar-refractivity contribution in [2.24, 2.45) is 35.0 Å². The Morgan fingerprint density at radius 3 is 2.44 bits per heavy atom. The summed E-state index contributed by atoms with van der Waals surface area (Å²) in [5.41, 5.74) is 1.51. The van der Waals surface area contributed by atoms with Crippen LogP contribution in [0.2, 0.25) is 0 Å². The summed E-state index contributed by atoms with van der Waals surface area (Å²) in [5.74, 6) is 1.45. The first-order valence-corrected chi connectivity index (χ1v) is 19.8. The molecule has 7 aliphatic rings. The van der Waals surface area contributed by atoms with Gasteiger partial charge in [-0.15, -0.1) is 0 Å². The molecule has 0 aromatic heterocycles. The SMILES string of the molecule is O=C(NCCCNC(O)C12CC3CC(C1)C(OO)(OC1CC4CCC(c5ccc(OCCN6CCOCC6)cc5)CC41)C(C3)C2)c1ccc(F)cc1. The topological polar surface area (TPSA) is 122 Å². The van der Waals surface area contributed by atoms with E-state index in [-0.39, 0.29) is 35.1 Å². The van der Waals surface area contributed by atoms with Crippen molar-refractivity contribution >= 4 is 5.91 Å². The summed E-state index contributed by atoms with van der Waals surface area (Å²) in [6.45, 7) is 6.16. The number of morpholine rings is 1. The number of carbonyl (C=O) groups excluding carboxylic acids is 1. The first-order valence-electron chi connectivity index (χ1n) is 19.8. The number of nitrogens with zero attached hydrogens (tertiary/aromatic N) is 1. The number of rotatable bonds is 15. The van der Waals surface area contributed by atoms with Gasteiger partial charge in [0.1, 0.15) is 24.4 Å². The van der Waals surface area contributed by atoms with Crippen molar-refractivity contribution in [1.29, 1.82) is 0 Å². The highest BCUT2D eigenvalue weighted by Gasteiger charge is 2.67. The Kier molecular flexibility index (Phi) is 10.9. The average molecular weight is 722 g/mol. The molecule has 2 aromatic carbocycles. The van der Waals surface area contributed by atoms with Crippen LogP contribution in [0.15, 0.2) is 48.5 Å². The number of ether oxygens (including phenoxy) is 3. The van der Waals surface area contributed by atoms with Gasteiger partial charge in [0.25, 0.3) is 5.91 Å². The van der Waals surface area contributed by atoms with Gasteiger partial charge in [0.05, 0.1) is 19.3 Å². The van der Waals surface area contributed by atoms with Gasteiger partial charge in [-0.05, 0) is 136 Å². The maximum Gasteiger partial charge on any atom is 0.251 e. The molecule has 7 atom stereocenters. The van der Waals surface area contributed by atoms with Crippen molar-refractivity contribution < 1.29 is 38.6 Å². The van der Waals surface area contributed by atoms with Crippen LogP contribution < -0.4 is 15.4 Å². The molecule has 0 spiro atoms. The van der Waals surface area contributed by atoms with E-state index in [0.29, 0.717) is 55.4 Å². The Hall–Kier alpha value is -2.64. The molecule has 9 rings (SSSR count). The quantitative estimate of drug-likeness (QED) is 0.0811. The van der Waals surface area contributed by atoms with Gasteiger partial charge >= 0.3 is 0 Å². The number of benzene rings is 2. The van der Waals surface area contributed by atoms with Gasteiger partial charge in [-0.3, -0.25) is 15.0 Å². The van der Waals surface area contributed by atoms with Crippen molar-refractivity contribution in [3.05, 3.63) is 65.5 Å². The molecule has 7 fully saturated rings. The minimum atomic E-state index is -1.01. The van der Waals surface area contributed by atoms with E-state index in [1.165, 1.54) is 42.7 Å². The largest absolute Gasteiger partial charge is 0.492 e. The van der Waals surface area contributed by atoms with E-state index in [4.69, 9.17) is 19.1 Å². The zero-order chi connectivity index (χ0) is 35.7. The third-order valence-electron chi connectivity index (χ3n) is 13.7. The minimum Gasteiger partial charge on any atom is -0.492 e. The van der Waals surface area contributed by atoms with Gasteiger partial charge in [-0.1, -0.05) is 12.1 Å². The number of amides is 1. The van der Waals surface area contributed by atoms with E-state index in [9.17, 15) is 19.5 Å². The lowest BCUT2D eigenvalue weighted by molar-refractivity contribution is -0.479. The lowest BCUT2D eigenvalue weighted by Crippen LogP contribution is -2.68. The van der Waals surface area contributed by atoms with Crippen LogP contribution in [0.3, 0.4) is 0 Å². The second-order valence-corrected chi connectivity index (χ2v) is 16.7. The van der Waals surface area contributed by atoms with Crippen LogP contribution in [0.1, 0.15) is 86.0 Å². The van der Waals surface area contributed by atoms with Gasteiger partial charge in [0.2, 0.25) is 5.79 Å². The van der Waals surface area contributed by atoms with Crippen LogP contribution in [-0.2, 0) is 14.4 Å². The number of fused-ring (bicyclic) bond motifs is 1.